The van der Waals surface area contributed by atoms with E-state index in [1.807, 2.05) is 0 Å². The van der Waals surface area contributed by atoms with Crippen LogP contribution in [0.4, 0.5) is 11.4 Å². The Morgan fingerprint density at radius 2 is 1.91 bits per heavy atom. The summed E-state index contributed by atoms with van der Waals surface area (Å²) < 4.78 is 14.3. The maximum Gasteiger partial charge on any atom is 0.352 e. The van der Waals surface area contributed by atoms with Crippen molar-refractivity contribution in [3.05, 3.63) is 31.9 Å². The molecule has 0 aromatic heterocycles. The highest BCUT2D eigenvalue weighted by atomic mass is 16.6. The van der Waals surface area contributed by atoms with Crippen molar-refractivity contribution in [1.82, 2.24) is 0 Å². The average Bonchev–Trinajstić information content (AvgIpc) is 2.47. The van der Waals surface area contributed by atoms with Crippen molar-refractivity contribution in [2.75, 3.05) is 26.9 Å². The quantitative estimate of drug-likeness (QED) is 0.322. The molecule has 0 unspecified atom stereocenters. The van der Waals surface area contributed by atoms with Crippen molar-refractivity contribution < 1.29 is 34.0 Å². The predicted octanol–water partition coefficient (Wildman–Crippen LogP) is 1.41. The number of nitro groups is 2. The van der Waals surface area contributed by atoms with Crippen LogP contribution in [0.5, 0.6) is 11.5 Å². The Bertz CT molecular complexity index is 629. The van der Waals surface area contributed by atoms with Gasteiger partial charge in [-0.3, -0.25) is 20.2 Å². The van der Waals surface area contributed by atoms with Crippen molar-refractivity contribution in [2.45, 2.75) is 6.92 Å². The number of phenols is 1. The zero-order valence-electron chi connectivity index (χ0n) is 12.3. The third-order valence-electron chi connectivity index (χ3n) is 2.62. The molecule has 0 spiro atoms. The fraction of sp³-hybridized carbons (Fsp3) is 0.417. The van der Waals surface area contributed by atoms with Gasteiger partial charge in [0.2, 0.25) is 11.3 Å². The summed E-state index contributed by atoms with van der Waals surface area (Å²) in [6.07, 6.45) is 0. The molecule has 0 radical (unpaired) electrons. The summed E-state index contributed by atoms with van der Waals surface area (Å²) in [6, 6.07) is 0.726. The molecule has 11 nitrogen and oxygen atoms in total. The monoisotopic (exact) mass is 330 g/mol. The van der Waals surface area contributed by atoms with Gasteiger partial charge in [0.25, 0.3) is 5.69 Å². The topological polar surface area (TPSA) is 151 Å². The normalized spacial score (nSPS) is 10.2. The molecule has 0 atom stereocenters. The van der Waals surface area contributed by atoms with Crippen LogP contribution >= 0.6 is 0 Å². The van der Waals surface area contributed by atoms with Crippen LogP contribution in [-0.2, 0) is 9.47 Å². The molecule has 1 rings (SSSR count). The third-order valence-corrected chi connectivity index (χ3v) is 2.62. The number of esters is 1. The molecule has 23 heavy (non-hydrogen) atoms. The van der Waals surface area contributed by atoms with Gasteiger partial charge in [0.15, 0.2) is 5.75 Å². The molecule has 0 aliphatic rings. The highest BCUT2D eigenvalue weighted by Gasteiger charge is 2.38. The van der Waals surface area contributed by atoms with E-state index in [2.05, 4.69) is 4.74 Å². The molecule has 0 saturated carbocycles. The lowest BCUT2D eigenvalue weighted by Crippen LogP contribution is -2.13. The zero-order chi connectivity index (χ0) is 17.6. The molecule has 0 bridgehead atoms. The van der Waals surface area contributed by atoms with Crippen molar-refractivity contribution in [3.8, 4) is 11.5 Å². The standard InChI is InChI=1S/C12H14N2O9/c1-3-22-12(16)9-7(13(17)18)6-8(23-5-4-21-2)11(15)10(9)14(19)20/h6,15H,3-5H2,1-2H3. The maximum atomic E-state index is 11.8. The van der Waals surface area contributed by atoms with E-state index in [4.69, 9.17) is 9.47 Å². The van der Waals surface area contributed by atoms with E-state index < -0.39 is 44.3 Å². The number of nitro benzene ring substituents is 2. The third kappa shape index (κ3) is 4.03. The van der Waals surface area contributed by atoms with Crippen LogP contribution in [0, 0.1) is 20.2 Å². The van der Waals surface area contributed by atoms with Crippen LogP contribution in [0.3, 0.4) is 0 Å². The van der Waals surface area contributed by atoms with Crippen LogP contribution in [-0.4, -0.2) is 47.9 Å². The Morgan fingerprint density at radius 1 is 1.26 bits per heavy atom. The summed E-state index contributed by atoms with van der Waals surface area (Å²) in [5.41, 5.74) is -3.00. The molecule has 0 heterocycles. The van der Waals surface area contributed by atoms with Gasteiger partial charge in [-0.25, -0.2) is 4.79 Å². The zero-order valence-corrected chi connectivity index (χ0v) is 12.3. The van der Waals surface area contributed by atoms with E-state index in [-0.39, 0.29) is 19.8 Å². The van der Waals surface area contributed by atoms with Gasteiger partial charge in [0, 0.05) is 7.11 Å². The number of methoxy groups -OCH3 is 1. The number of carbonyl (C=O) groups is 1. The van der Waals surface area contributed by atoms with Gasteiger partial charge in [-0.1, -0.05) is 0 Å². The second-order valence-electron chi connectivity index (χ2n) is 4.04. The molecule has 1 aromatic carbocycles. The van der Waals surface area contributed by atoms with Crippen LogP contribution < -0.4 is 4.74 Å². The summed E-state index contributed by atoms with van der Waals surface area (Å²) in [4.78, 5) is 32.0. The fourth-order valence-electron chi connectivity index (χ4n) is 1.69. The molecule has 0 fully saturated rings. The lowest BCUT2D eigenvalue weighted by molar-refractivity contribution is -0.395. The number of rotatable bonds is 8. The Kier molecular flexibility index (Phi) is 6.21. The van der Waals surface area contributed by atoms with Gasteiger partial charge >= 0.3 is 11.7 Å². The highest BCUT2D eigenvalue weighted by molar-refractivity contribution is 6.00. The lowest BCUT2D eigenvalue weighted by atomic mass is 10.1. The van der Waals surface area contributed by atoms with Crippen molar-refractivity contribution >= 4 is 17.3 Å². The Labute approximate surface area is 129 Å². The number of benzene rings is 1. The molecule has 126 valence electrons. The van der Waals surface area contributed by atoms with E-state index in [0.29, 0.717) is 0 Å². The lowest BCUT2D eigenvalue weighted by Gasteiger charge is -2.10. The van der Waals surface area contributed by atoms with Gasteiger partial charge in [0.1, 0.15) is 6.61 Å². The van der Waals surface area contributed by atoms with Crippen LogP contribution in [0.15, 0.2) is 6.07 Å². The summed E-state index contributed by atoms with van der Waals surface area (Å²) in [5, 5.41) is 32.2. The molecule has 0 amide bonds. The first-order chi connectivity index (χ1) is 10.8. The minimum absolute atomic E-state index is 0.0840. The van der Waals surface area contributed by atoms with E-state index in [1.165, 1.54) is 14.0 Å². The largest absolute Gasteiger partial charge is 0.499 e. The van der Waals surface area contributed by atoms with Crippen molar-refractivity contribution in [2.24, 2.45) is 0 Å². The first-order valence-corrected chi connectivity index (χ1v) is 6.32. The predicted molar refractivity (Wildman–Crippen MR) is 74.7 cm³/mol. The fourth-order valence-corrected chi connectivity index (χ4v) is 1.69. The minimum atomic E-state index is -1.29. The molecular weight excluding hydrogens is 316 g/mol. The molecule has 1 N–H and O–H groups in total. The minimum Gasteiger partial charge on any atom is -0.499 e. The number of hydrogen-bond acceptors (Lipinski definition) is 9. The second kappa shape index (κ2) is 7.89. The molecular formula is C12H14N2O9. The van der Waals surface area contributed by atoms with Crippen LogP contribution in [0.25, 0.3) is 0 Å². The molecule has 0 saturated heterocycles. The second-order valence-corrected chi connectivity index (χ2v) is 4.04. The SMILES string of the molecule is CCOC(=O)c1c([N+](=O)[O-])cc(OCCOC)c(O)c1[N+](=O)[O-]. The molecule has 0 aliphatic carbocycles. The van der Waals surface area contributed by atoms with Gasteiger partial charge in [0.05, 0.1) is 29.1 Å². The van der Waals surface area contributed by atoms with Crippen molar-refractivity contribution in [3.63, 3.8) is 0 Å². The average molecular weight is 330 g/mol. The molecule has 11 heteroatoms. The number of hydrogen-bond donors (Lipinski definition) is 1. The summed E-state index contributed by atoms with van der Waals surface area (Å²) in [5.74, 6) is -2.79. The Balaban J connectivity index is 3.54. The molecule has 1 aromatic rings. The summed E-state index contributed by atoms with van der Waals surface area (Å²) >= 11 is 0. The Morgan fingerprint density at radius 3 is 2.39 bits per heavy atom. The van der Waals surface area contributed by atoms with E-state index in [9.17, 15) is 30.1 Å². The van der Waals surface area contributed by atoms with Crippen molar-refractivity contribution in [1.29, 1.82) is 0 Å². The number of nitrogens with zero attached hydrogens (tertiary/aromatic N) is 2. The van der Waals surface area contributed by atoms with E-state index >= 15 is 0 Å². The first-order valence-electron chi connectivity index (χ1n) is 6.32. The van der Waals surface area contributed by atoms with Crippen LogP contribution in [0.1, 0.15) is 17.3 Å². The first kappa shape index (κ1) is 18.1. The smallest absolute Gasteiger partial charge is 0.352 e. The number of carbonyl (C=O) groups excluding carboxylic acids is 1. The molecule has 0 aliphatic heterocycles. The van der Waals surface area contributed by atoms with E-state index in [1.54, 1.807) is 0 Å². The number of ether oxygens (including phenoxy) is 3. The Hall–Kier alpha value is -2.95. The van der Waals surface area contributed by atoms with E-state index in [0.717, 1.165) is 6.07 Å². The number of phenolic OH excluding ortho intramolecular Hbond substituents is 1. The van der Waals surface area contributed by atoms with Gasteiger partial charge in [-0.05, 0) is 6.92 Å². The van der Waals surface area contributed by atoms with Crippen LogP contribution in [0.2, 0.25) is 0 Å². The highest BCUT2D eigenvalue weighted by Crippen LogP contribution is 2.44. The van der Waals surface area contributed by atoms with Gasteiger partial charge < -0.3 is 19.3 Å². The van der Waals surface area contributed by atoms with Gasteiger partial charge in [-0.2, -0.15) is 0 Å². The maximum absolute atomic E-state index is 11.8. The van der Waals surface area contributed by atoms with Gasteiger partial charge in [-0.15, -0.1) is 0 Å². The summed E-state index contributed by atoms with van der Waals surface area (Å²) in [7, 11) is 1.37. The number of aromatic hydroxyl groups is 1. The summed E-state index contributed by atoms with van der Waals surface area (Å²) in [6.45, 7) is 1.25.